The number of carboxylic acid groups (broad SMARTS) is 1. The van der Waals surface area contributed by atoms with Crippen molar-refractivity contribution >= 4 is 40.1 Å². The molecule has 7 nitrogen and oxygen atoms in total. The molecule has 0 aliphatic carbocycles. The monoisotopic (exact) mass is 394 g/mol. The van der Waals surface area contributed by atoms with Gasteiger partial charge in [-0.2, -0.15) is 4.98 Å². The first kappa shape index (κ1) is 17.8. The molecule has 0 saturated heterocycles. The fourth-order valence-electron chi connectivity index (χ4n) is 2.93. The molecule has 2 aromatic heterocycles. The summed E-state index contributed by atoms with van der Waals surface area (Å²) in [5.41, 5.74) is 2.33. The van der Waals surface area contributed by atoms with Crippen LogP contribution >= 0.6 is 11.6 Å². The standard InChI is InChI=1S/C20H15ClN4O3/c1-24-10-9-16-18(24)19(23-12-22-16)28-14-7-8-17(15(21)11-14)25(20(26)27)13-5-3-2-4-6-13/h2-12H,1H3,(H,26,27). The van der Waals surface area contributed by atoms with Gasteiger partial charge in [-0.15, -0.1) is 0 Å². The van der Waals surface area contributed by atoms with E-state index in [0.29, 0.717) is 23.0 Å². The van der Waals surface area contributed by atoms with Crippen LogP contribution < -0.4 is 9.64 Å². The van der Waals surface area contributed by atoms with E-state index in [1.54, 1.807) is 42.5 Å². The number of aryl methyl sites for hydroxylation is 1. The molecule has 2 heterocycles. The molecule has 0 spiro atoms. The minimum Gasteiger partial charge on any atom is -0.464 e. The van der Waals surface area contributed by atoms with Gasteiger partial charge in [-0.1, -0.05) is 29.8 Å². The number of rotatable bonds is 4. The second kappa shape index (κ2) is 7.21. The van der Waals surface area contributed by atoms with Crippen LogP contribution in [0.2, 0.25) is 5.02 Å². The Hall–Kier alpha value is -3.58. The lowest BCUT2D eigenvalue weighted by Crippen LogP contribution is -2.23. The van der Waals surface area contributed by atoms with Crippen LogP contribution in [0.4, 0.5) is 16.2 Å². The molecule has 0 aliphatic heterocycles. The molecule has 0 aliphatic rings. The fourth-order valence-corrected chi connectivity index (χ4v) is 3.19. The molecule has 0 fully saturated rings. The topological polar surface area (TPSA) is 80.5 Å². The number of amides is 1. The number of hydrogen-bond acceptors (Lipinski definition) is 4. The summed E-state index contributed by atoms with van der Waals surface area (Å²) >= 11 is 6.39. The minimum absolute atomic E-state index is 0.237. The largest absolute Gasteiger partial charge is 0.464 e. The zero-order valence-electron chi connectivity index (χ0n) is 14.8. The molecule has 0 unspecified atom stereocenters. The van der Waals surface area contributed by atoms with Crippen molar-refractivity contribution in [2.45, 2.75) is 0 Å². The Morgan fingerprint density at radius 3 is 2.64 bits per heavy atom. The molecule has 1 N–H and O–H groups in total. The number of hydrogen-bond donors (Lipinski definition) is 1. The summed E-state index contributed by atoms with van der Waals surface area (Å²) in [5, 5.41) is 9.89. The van der Waals surface area contributed by atoms with Gasteiger partial charge in [0.05, 0.1) is 21.9 Å². The number of para-hydroxylation sites is 1. The zero-order chi connectivity index (χ0) is 19.7. The summed E-state index contributed by atoms with van der Waals surface area (Å²) in [5.74, 6) is 0.827. The van der Waals surface area contributed by atoms with Crippen molar-refractivity contribution in [3.8, 4) is 11.6 Å². The number of anilines is 2. The van der Waals surface area contributed by atoms with Gasteiger partial charge < -0.3 is 14.4 Å². The second-order valence-corrected chi connectivity index (χ2v) is 6.42. The highest BCUT2D eigenvalue weighted by molar-refractivity contribution is 6.34. The van der Waals surface area contributed by atoms with Crippen molar-refractivity contribution in [3.05, 3.63) is 72.1 Å². The third kappa shape index (κ3) is 3.23. The Morgan fingerprint density at radius 1 is 1.14 bits per heavy atom. The molecule has 28 heavy (non-hydrogen) atoms. The Morgan fingerprint density at radius 2 is 1.93 bits per heavy atom. The molecule has 0 radical (unpaired) electrons. The van der Waals surface area contributed by atoms with Crippen LogP contribution in [-0.2, 0) is 7.05 Å². The van der Waals surface area contributed by atoms with Crippen LogP contribution in [0.25, 0.3) is 11.0 Å². The number of benzene rings is 2. The molecule has 140 valence electrons. The van der Waals surface area contributed by atoms with E-state index in [0.717, 1.165) is 15.9 Å². The minimum atomic E-state index is -1.14. The summed E-state index contributed by atoms with van der Waals surface area (Å²) in [4.78, 5) is 21.3. The maximum atomic E-state index is 11.8. The number of halogens is 1. The molecule has 0 saturated carbocycles. The molecule has 4 rings (SSSR count). The van der Waals surface area contributed by atoms with Crippen LogP contribution in [0.3, 0.4) is 0 Å². The Kier molecular flexibility index (Phi) is 4.58. The summed E-state index contributed by atoms with van der Waals surface area (Å²) in [6, 6.07) is 15.4. The van der Waals surface area contributed by atoms with Crippen molar-refractivity contribution in [1.82, 2.24) is 14.5 Å². The molecule has 4 aromatic rings. The van der Waals surface area contributed by atoms with Gasteiger partial charge in [-0.25, -0.2) is 14.7 Å². The molecule has 0 atom stereocenters. The van der Waals surface area contributed by atoms with Gasteiger partial charge in [0, 0.05) is 19.3 Å². The first-order valence-corrected chi connectivity index (χ1v) is 8.74. The maximum Gasteiger partial charge on any atom is 0.416 e. The highest BCUT2D eigenvalue weighted by atomic mass is 35.5. The Bertz CT molecular complexity index is 1160. The third-order valence-electron chi connectivity index (χ3n) is 4.21. The van der Waals surface area contributed by atoms with Crippen LogP contribution in [0.5, 0.6) is 11.6 Å². The van der Waals surface area contributed by atoms with Crippen LogP contribution in [0.15, 0.2) is 67.1 Å². The lowest BCUT2D eigenvalue weighted by Gasteiger charge is -2.21. The van der Waals surface area contributed by atoms with Crippen LogP contribution in [0, 0.1) is 0 Å². The van der Waals surface area contributed by atoms with E-state index < -0.39 is 6.09 Å². The van der Waals surface area contributed by atoms with Crippen LogP contribution in [-0.4, -0.2) is 25.7 Å². The number of nitrogens with zero attached hydrogens (tertiary/aromatic N) is 4. The predicted molar refractivity (Wildman–Crippen MR) is 107 cm³/mol. The first-order chi connectivity index (χ1) is 13.5. The van der Waals surface area contributed by atoms with Crippen molar-refractivity contribution < 1.29 is 14.6 Å². The SMILES string of the molecule is Cn1ccc2ncnc(Oc3ccc(N(C(=O)O)c4ccccc4)c(Cl)c3)c21. The Labute approximate surface area is 165 Å². The molecule has 1 amide bonds. The molecule has 0 bridgehead atoms. The van der Waals surface area contributed by atoms with Crippen LogP contribution in [0.1, 0.15) is 0 Å². The maximum absolute atomic E-state index is 11.8. The summed E-state index contributed by atoms with van der Waals surface area (Å²) < 4.78 is 7.75. The van der Waals surface area contributed by atoms with Crippen molar-refractivity contribution in [1.29, 1.82) is 0 Å². The van der Waals surface area contributed by atoms with Gasteiger partial charge in [0.1, 0.15) is 17.6 Å². The van der Waals surface area contributed by atoms with E-state index in [2.05, 4.69) is 9.97 Å². The highest BCUT2D eigenvalue weighted by Crippen LogP contribution is 2.36. The molecule has 8 heteroatoms. The van der Waals surface area contributed by atoms with E-state index in [1.807, 2.05) is 29.9 Å². The van der Waals surface area contributed by atoms with E-state index in [9.17, 15) is 9.90 Å². The third-order valence-corrected chi connectivity index (χ3v) is 4.51. The molecular formula is C20H15ClN4O3. The fraction of sp³-hybridized carbons (Fsp3) is 0.0500. The quantitative estimate of drug-likeness (QED) is 0.512. The van der Waals surface area contributed by atoms with Crippen molar-refractivity contribution in [3.63, 3.8) is 0 Å². The van der Waals surface area contributed by atoms with E-state index in [4.69, 9.17) is 16.3 Å². The van der Waals surface area contributed by atoms with E-state index in [1.165, 1.54) is 6.33 Å². The smallest absolute Gasteiger partial charge is 0.416 e. The first-order valence-electron chi connectivity index (χ1n) is 8.36. The summed E-state index contributed by atoms with van der Waals surface area (Å²) in [7, 11) is 1.87. The average molecular weight is 395 g/mol. The van der Waals surface area contributed by atoms with Crippen molar-refractivity contribution in [2.24, 2.45) is 7.05 Å². The lowest BCUT2D eigenvalue weighted by atomic mass is 10.2. The summed E-state index contributed by atoms with van der Waals surface area (Å²) in [6.07, 6.45) is 2.16. The van der Waals surface area contributed by atoms with Gasteiger partial charge in [-0.3, -0.25) is 0 Å². The Balaban J connectivity index is 1.69. The number of fused-ring (bicyclic) bond motifs is 1. The number of ether oxygens (including phenoxy) is 1. The van der Waals surface area contributed by atoms with Gasteiger partial charge in [0.15, 0.2) is 0 Å². The van der Waals surface area contributed by atoms with Gasteiger partial charge in [0.25, 0.3) is 0 Å². The number of carbonyl (C=O) groups is 1. The number of aromatic nitrogens is 3. The predicted octanol–water partition coefficient (Wildman–Crippen LogP) is 5.23. The van der Waals surface area contributed by atoms with E-state index in [-0.39, 0.29) is 5.02 Å². The van der Waals surface area contributed by atoms with Gasteiger partial charge in [-0.05, 0) is 30.3 Å². The highest BCUT2D eigenvalue weighted by Gasteiger charge is 2.20. The van der Waals surface area contributed by atoms with Gasteiger partial charge in [0.2, 0.25) is 5.88 Å². The normalized spacial score (nSPS) is 10.8. The zero-order valence-corrected chi connectivity index (χ0v) is 15.5. The molecule has 2 aromatic carbocycles. The van der Waals surface area contributed by atoms with Crippen molar-refractivity contribution in [2.75, 3.05) is 4.90 Å². The second-order valence-electron chi connectivity index (χ2n) is 6.01. The van der Waals surface area contributed by atoms with E-state index >= 15 is 0 Å². The molecular weight excluding hydrogens is 380 g/mol. The average Bonchev–Trinajstić information content (AvgIpc) is 3.06. The summed E-state index contributed by atoms with van der Waals surface area (Å²) in [6.45, 7) is 0. The van der Waals surface area contributed by atoms with Gasteiger partial charge >= 0.3 is 6.09 Å². The lowest BCUT2D eigenvalue weighted by molar-refractivity contribution is 0.205.